The summed E-state index contributed by atoms with van der Waals surface area (Å²) in [6, 6.07) is 1.83. The van der Waals surface area contributed by atoms with E-state index in [0.29, 0.717) is 23.9 Å². The maximum atomic E-state index is 8.13. The first-order chi connectivity index (χ1) is 9.58. The zero-order valence-electron chi connectivity index (χ0n) is 12.2. The molecule has 0 bridgehead atoms. The summed E-state index contributed by atoms with van der Waals surface area (Å²) in [5.41, 5.74) is 6.84. The summed E-state index contributed by atoms with van der Waals surface area (Å²) in [7, 11) is 0. The number of aliphatic imine (C=N–C) groups is 1. The van der Waals surface area contributed by atoms with Gasteiger partial charge in [-0.15, -0.1) is 0 Å². The Labute approximate surface area is 119 Å². The number of likely N-dealkylation sites (N-methyl/N-ethyl adjacent to an activating group) is 1. The molecule has 1 aliphatic rings. The minimum atomic E-state index is 0.373. The molecular weight excluding hydrogens is 254 g/mol. The zero-order valence-corrected chi connectivity index (χ0v) is 12.2. The molecule has 2 rings (SSSR count). The van der Waals surface area contributed by atoms with Crippen LogP contribution in [0.5, 0.6) is 0 Å². The number of amidine groups is 2. The van der Waals surface area contributed by atoms with Crippen molar-refractivity contribution in [3.63, 3.8) is 0 Å². The monoisotopic (exact) mass is 277 g/mol. The Morgan fingerprint density at radius 2 is 2.15 bits per heavy atom. The van der Waals surface area contributed by atoms with Crippen molar-refractivity contribution in [1.82, 2.24) is 20.0 Å². The van der Waals surface area contributed by atoms with E-state index in [2.05, 4.69) is 31.9 Å². The number of piperazine rings is 1. The number of rotatable bonds is 4. The molecule has 0 amide bonds. The molecule has 0 unspecified atom stereocenters. The molecule has 0 aliphatic carbocycles. The molecule has 20 heavy (non-hydrogen) atoms. The van der Waals surface area contributed by atoms with Gasteiger partial charge in [0.1, 0.15) is 11.7 Å². The van der Waals surface area contributed by atoms with Crippen LogP contribution in [0.3, 0.4) is 0 Å². The van der Waals surface area contributed by atoms with Crippen LogP contribution in [0, 0.1) is 12.3 Å². The zero-order chi connectivity index (χ0) is 14.5. The van der Waals surface area contributed by atoms with E-state index in [9.17, 15) is 0 Å². The predicted octanol–water partition coefficient (Wildman–Crippen LogP) is 0.712. The number of hydrogen-bond donors (Lipinski definition) is 3. The van der Waals surface area contributed by atoms with E-state index in [4.69, 9.17) is 11.1 Å². The molecule has 1 saturated heterocycles. The third kappa shape index (κ3) is 3.80. The fraction of sp³-hybridized carbons (Fsp3) is 0.615. The average molecular weight is 277 g/mol. The summed E-state index contributed by atoms with van der Waals surface area (Å²) in [5.74, 6) is 1.54. The average Bonchev–Trinajstić information content (AvgIpc) is 2.84. The molecule has 7 nitrogen and oxygen atoms in total. The van der Waals surface area contributed by atoms with Crippen LogP contribution >= 0.6 is 0 Å². The van der Waals surface area contributed by atoms with Gasteiger partial charge in [-0.25, -0.2) is 4.99 Å². The summed E-state index contributed by atoms with van der Waals surface area (Å²) in [5, 5.41) is 15.0. The Hall–Kier alpha value is -1.89. The minimum absolute atomic E-state index is 0.373. The molecule has 0 spiro atoms. The lowest BCUT2D eigenvalue weighted by Crippen LogP contribution is -2.48. The van der Waals surface area contributed by atoms with Gasteiger partial charge in [0.25, 0.3) is 0 Å². The highest BCUT2D eigenvalue weighted by Crippen LogP contribution is 2.09. The Balaban J connectivity index is 1.86. The van der Waals surface area contributed by atoms with E-state index < -0.39 is 0 Å². The summed E-state index contributed by atoms with van der Waals surface area (Å²) < 4.78 is 0. The van der Waals surface area contributed by atoms with Gasteiger partial charge in [0.2, 0.25) is 0 Å². The van der Waals surface area contributed by atoms with Gasteiger partial charge in [-0.05, 0) is 13.5 Å². The van der Waals surface area contributed by atoms with Gasteiger partial charge in [0.05, 0.1) is 6.42 Å². The molecule has 1 aromatic rings. The SMILES string of the molecule is CCN1CCN(C(=N)CC(N)=Nc2cc(C)[nH]n2)CC1. The third-order valence-corrected chi connectivity index (χ3v) is 3.50. The summed E-state index contributed by atoms with van der Waals surface area (Å²) >= 11 is 0. The Morgan fingerprint density at radius 1 is 1.45 bits per heavy atom. The lowest BCUT2D eigenvalue weighted by Gasteiger charge is -2.35. The number of aromatic nitrogens is 2. The molecule has 1 aliphatic heterocycles. The second-order valence-corrected chi connectivity index (χ2v) is 5.06. The van der Waals surface area contributed by atoms with Crippen molar-refractivity contribution >= 4 is 17.5 Å². The van der Waals surface area contributed by atoms with Crippen molar-refractivity contribution in [1.29, 1.82) is 5.41 Å². The fourth-order valence-electron chi connectivity index (χ4n) is 2.26. The van der Waals surface area contributed by atoms with Crippen LogP contribution in [-0.4, -0.2) is 64.4 Å². The van der Waals surface area contributed by atoms with Crippen molar-refractivity contribution < 1.29 is 0 Å². The molecule has 7 heteroatoms. The molecule has 1 aromatic heterocycles. The van der Waals surface area contributed by atoms with Gasteiger partial charge in [-0.1, -0.05) is 6.92 Å². The second kappa shape index (κ2) is 6.51. The first kappa shape index (κ1) is 14.5. The van der Waals surface area contributed by atoms with Crippen molar-refractivity contribution in [2.45, 2.75) is 20.3 Å². The molecule has 0 radical (unpaired) electrons. The van der Waals surface area contributed by atoms with E-state index in [1.54, 1.807) is 0 Å². The molecule has 2 heterocycles. The first-order valence-electron chi connectivity index (χ1n) is 6.98. The minimum Gasteiger partial charge on any atom is -0.387 e. The predicted molar refractivity (Wildman–Crippen MR) is 80.6 cm³/mol. The highest BCUT2D eigenvalue weighted by Gasteiger charge is 2.18. The van der Waals surface area contributed by atoms with Crippen molar-refractivity contribution in [2.24, 2.45) is 10.7 Å². The molecule has 0 aromatic carbocycles. The molecular formula is C13H23N7. The Morgan fingerprint density at radius 3 is 2.70 bits per heavy atom. The van der Waals surface area contributed by atoms with Crippen LogP contribution < -0.4 is 5.73 Å². The highest BCUT2D eigenvalue weighted by atomic mass is 15.3. The van der Waals surface area contributed by atoms with Gasteiger partial charge in [-0.2, -0.15) is 5.10 Å². The molecule has 4 N–H and O–H groups in total. The second-order valence-electron chi connectivity index (χ2n) is 5.06. The van der Waals surface area contributed by atoms with Gasteiger partial charge in [0, 0.05) is 37.9 Å². The van der Waals surface area contributed by atoms with Gasteiger partial charge >= 0.3 is 0 Å². The quantitative estimate of drug-likeness (QED) is 0.558. The van der Waals surface area contributed by atoms with E-state index in [0.717, 1.165) is 38.4 Å². The van der Waals surface area contributed by atoms with Crippen molar-refractivity contribution in [3.05, 3.63) is 11.8 Å². The highest BCUT2D eigenvalue weighted by molar-refractivity contribution is 6.01. The van der Waals surface area contributed by atoms with Crippen LogP contribution in [0.15, 0.2) is 11.1 Å². The number of hydrogen-bond acceptors (Lipinski definition) is 4. The van der Waals surface area contributed by atoms with Gasteiger partial charge in [0.15, 0.2) is 5.82 Å². The van der Waals surface area contributed by atoms with E-state index in [1.165, 1.54) is 0 Å². The van der Waals surface area contributed by atoms with Crippen LogP contribution in [-0.2, 0) is 0 Å². The summed E-state index contributed by atoms with van der Waals surface area (Å²) in [6.45, 7) is 8.95. The number of nitrogens with zero attached hydrogens (tertiary/aromatic N) is 4. The summed E-state index contributed by atoms with van der Waals surface area (Å²) in [4.78, 5) is 8.68. The lowest BCUT2D eigenvalue weighted by molar-refractivity contribution is 0.188. The number of aryl methyl sites for hydroxylation is 1. The maximum absolute atomic E-state index is 8.13. The number of nitrogens with one attached hydrogen (secondary N) is 2. The molecule has 0 saturated carbocycles. The smallest absolute Gasteiger partial charge is 0.175 e. The van der Waals surface area contributed by atoms with Gasteiger partial charge in [-0.3, -0.25) is 10.5 Å². The third-order valence-electron chi connectivity index (χ3n) is 3.50. The first-order valence-corrected chi connectivity index (χ1v) is 6.98. The number of nitrogens with two attached hydrogens (primary N) is 1. The van der Waals surface area contributed by atoms with Crippen LogP contribution in [0.4, 0.5) is 5.82 Å². The molecule has 1 fully saturated rings. The van der Waals surface area contributed by atoms with Gasteiger partial charge < -0.3 is 15.5 Å². The van der Waals surface area contributed by atoms with E-state index in [1.807, 2.05) is 13.0 Å². The normalized spacial score (nSPS) is 17.5. The standard InChI is InChI=1S/C13H23N7/c1-3-19-4-6-20(7-5-19)12(15)9-11(14)16-13-8-10(2)17-18-13/h8,15H,3-7,9H2,1-2H3,(H3,14,16,17,18). The van der Waals surface area contributed by atoms with E-state index in [-0.39, 0.29) is 0 Å². The topological polar surface area (TPSA) is 97.4 Å². The van der Waals surface area contributed by atoms with Crippen molar-refractivity contribution in [2.75, 3.05) is 32.7 Å². The Bertz CT molecular complexity index is 483. The summed E-state index contributed by atoms with van der Waals surface area (Å²) in [6.07, 6.45) is 0.373. The van der Waals surface area contributed by atoms with Crippen molar-refractivity contribution in [3.8, 4) is 0 Å². The lowest BCUT2D eigenvalue weighted by atomic mass is 10.2. The van der Waals surface area contributed by atoms with Crippen LogP contribution in [0.1, 0.15) is 19.0 Å². The van der Waals surface area contributed by atoms with Crippen LogP contribution in [0.25, 0.3) is 0 Å². The number of H-pyrrole nitrogens is 1. The Kier molecular flexibility index (Phi) is 4.73. The van der Waals surface area contributed by atoms with Crippen LogP contribution in [0.2, 0.25) is 0 Å². The molecule has 0 atom stereocenters. The molecule has 110 valence electrons. The largest absolute Gasteiger partial charge is 0.387 e. The maximum Gasteiger partial charge on any atom is 0.175 e. The fourth-order valence-corrected chi connectivity index (χ4v) is 2.26. The van der Waals surface area contributed by atoms with E-state index >= 15 is 0 Å². The number of aromatic amines is 1.